The van der Waals surface area contributed by atoms with E-state index >= 15 is 0 Å². The first-order valence-corrected chi connectivity index (χ1v) is 41.5. The molecule has 0 N–H and O–H groups in total. The Bertz CT molecular complexity index is 4800. The molecule has 514 valence electrons. The van der Waals surface area contributed by atoms with E-state index in [9.17, 15) is 33.7 Å². The van der Waals surface area contributed by atoms with Gasteiger partial charge in [-0.05, 0) is 230 Å². The SMILES string of the molecule is CCCCS(=O)(=O)N1CC=C(C2=CCc3cc(C)ccc32)CC1.Cc1ccc(S(=O)(=O)N2CCC(C3=CCc4ccccc43)CC2)c(C)c1.Cc1ccc(S(=O)(=O)N2CCC(C3=CCc4ccccc43)CC2)cc1C.O=S(=O)(c1cccs1)N1CC=C(C2=CCc3ncccc32)CC1. The van der Waals surface area contributed by atoms with E-state index in [1.54, 1.807) is 52.9 Å². The summed E-state index contributed by atoms with van der Waals surface area (Å²) in [4.78, 5) is 5.28. The van der Waals surface area contributed by atoms with Gasteiger partial charge in [0.2, 0.25) is 30.1 Å². The van der Waals surface area contributed by atoms with Crippen molar-refractivity contribution in [2.75, 3.05) is 58.1 Å². The lowest BCUT2D eigenvalue weighted by atomic mass is 9.87. The van der Waals surface area contributed by atoms with Crippen LogP contribution < -0.4 is 0 Å². The maximum absolute atomic E-state index is 13.1. The highest BCUT2D eigenvalue weighted by Crippen LogP contribution is 2.42. The van der Waals surface area contributed by atoms with E-state index in [0.717, 1.165) is 105 Å². The summed E-state index contributed by atoms with van der Waals surface area (Å²) in [6.45, 7) is 16.5. The lowest BCUT2D eigenvalue weighted by Gasteiger charge is -2.32. The number of hydrogen-bond acceptors (Lipinski definition) is 10. The smallest absolute Gasteiger partial charge is 0.252 e. The molecule has 2 fully saturated rings. The number of rotatable bonds is 14. The van der Waals surface area contributed by atoms with Gasteiger partial charge in [-0.15, -0.1) is 11.3 Å². The minimum absolute atomic E-state index is 0.275. The third kappa shape index (κ3) is 15.5. The Balaban J connectivity index is 0.000000125. The standard InChI is InChI=1S/2C22H25NO2S.C19H25NO2S.C17H16N2O2S2/c1-16-7-10-22(17(2)15-16)26(24,25)23-13-11-19(12-14-23)21-9-8-18-5-3-4-6-20(18)21;1-16-7-9-20(15-17(16)2)26(24,25)23-13-11-19(12-14-23)22-10-8-18-5-3-4-6-21(18)22;1-3-4-13-23(21,22)20-11-9-16(10-12-20)18-8-6-17-14-15(2)5-7-19(17)18;20-23(21,17-4-2-12-22-17)19-10-7-13(8-11-19)14-5-6-16-15(14)3-1-9-18-16/h2*3-7,9-10,15,19H,8,11-14H2,1-2H3;5,7-9,14H,3-4,6,10-13H2,1-2H3;1-5,7,9,12H,6,8,10-11H2. The van der Waals surface area contributed by atoms with Crippen LogP contribution in [0.5, 0.6) is 0 Å². The predicted octanol–water partition coefficient (Wildman–Crippen LogP) is 15.5. The fraction of sp³-hybridized carbons (Fsp3) is 0.362. The van der Waals surface area contributed by atoms with Gasteiger partial charge in [-0.2, -0.15) is 17.2 Å². The number of unbranched alkanes of at least 4 members (excludes halogenated alkanes) is 1. The normalized spacial score (nSPS) is 18.6. The average molecular weight is 1410 g/mol. The summed E-state index contributed by atoms with van der Waals surface area (Å²) in [6.07, 6.45) is 25.8. The van der Waals surface area contributed by atoms with Gasteiger partial charge in [-0.3, -0.25) is 4.98 Å². The van der Waals surface area contributed by atoms with Crippen molar-refractivity contribution in [3.63, 3.8) is 0 Å². The van der Waals surface area contributed by atoms with E-state index in [0.29, 0.717) is 78.2 Å². The molecule has 4 aliphatic carbocycles. The Morgan fingerprint density at radius 1 is 0.459 bits per heavy atom. The summed E-state index contributed by atoms with van der Waals surface area (Å²) < 4.78 is 109. The van der Waals surface area contributed by atoms with Gasteiger partial charge in [0, 0.05) is 70.5 Å². The summed E-state index contributed by atoms with van der Waals surface area (Å²) in [5.41, 5.74) is 23.8. The van der Waals surface area contributed by atoms with E-state index in [-0.39, 0.29) is 5.75 Å². The van der Waals surface area contributed by atoms with Gasteiger partial charge in [-0.1, -0.05) is 158 Å². The molecule has 0 atom stereocenters. The van der Waals surface area contributed by atoms with Crippen LogP contribution in [0.25, 0.3) is 22.3 Å². The number of fused-ring (bicyclic) bond motifs is 4. The molecule has 0 radical (unpaired) electrons. The van der Waals surface area contributed by atoms with E-state index in [2.05, 4.69) is 115 Å². The van der Waals surface area contributed by atoms with Gasteiger partial charge in [0.1, 0.15) is 4.21 Å². The highest BCUT2D eigenvalue weighted by Gasteiger charge is 2.36. The molecule has 0 amide bonds. The molecule has 98 heavy (non-hydrogen) atoms. The molecule has 4 aliphatic heterocycles. The highest BCUT2D eigenvalue weighted by atomic mass is 32.2. The Labute approximate surface area is 587 Å². The summed E-state index contributed by atoms with van der Waals surface area (Å²) >= 11 is 1.27. The largest absolute Gasteiger partial charge is 0.260 e. The molecule has 8 aliphatic rings. The number of piperidine rings is 2. The van der Waals surface area contributed by atoms with Gasteiger partial charge in [0.15, 0.2) is 0 Å². The first-order chi connectivity index (χ1) is 47.1. The molecule has 6 heterocycles. The number of benzene rings is 5. The third-order valence-corrected chi connectivity index (χ3v) is 29.7. The van der Waals surface area contributed by atoms with Crippen LogP contribution in [0.3, 0.4) is 0 Å². The average Bonchev–Trinajstić information content (AvgIpc) is 1.37. The second-order valence-electron chi connectivity index (χ2n) is 27.0. The van der Waals surface area contributed by atoms with Crippen LogP contribution in [0.1, 0.15) is 131 Å². The highest BCUT2D eigenvalue weighted by molar-refractivity contribution is 7.91. The van der Waals surface area contributed by atoms with Crippen molar-refractivity contribution in [2.45, 2.75) is 133 Å². The zero-order chi connectivity index (χ0) is 68.9. The topological polar surface area (TPSA) is 162 Å². The Morgan fingerprint density at radius 2 is 1.02 bits per heavy atom. The van der Waals surface area contributed by atoms with E-state index in [4.69, 9.17) is 0 Å². The molecule has 2 aromatic heterocycles. The van der Waals surface area contributed by atoms with Crippen molar-refractivity contribution >= 4 is 73.7 Å². The summed E-state index contributed by atoms with van der Waals surface area (Å²) in [5, 5.41) is 1.80. The molecule has 0 unspecified atom stereocenters. The number of pyridine rings is 1. The van der Waals surface area contributed by atoms with E-state index in [1.165, 1.54) is 89.3 Å². The second-order valence-corrected chi connectivity index (χ2v) is 36.0. The zero-order valence-corrected chi connectivity index (χ0v) is 61.4. The second kappa shape index (κ2) is 30.5. The molecule has 7 aromatic rings. The van der Waals surface area contributed by atoms with Crippen molar-refractivity contribution in [2.24, 2.45) is 11.8 Å². The lowest BCUT2D eigenvalue weighted by molar-refractivity contribution is 0.311. The van der Waals surface area contributed by atoms with Gasteiger partial charge < -0.3 is 0 Å². The molecule has 2 saturated heterocycles. The van der Waals surface area contributed by atoms with Gasteiger partial charge in [0.05, 0.1) is 21.2 Å². The maximum Gasteiger partial charge on any atom is 0.252 e. The van der Waals surface area contributed by atoms with Crippen LogP contribution in [-0.2, 0) is 65.8 Å². The number of aromatic nitrogens is 1. The molecular formula is C80H91N5O8S5. The van der Waals surface area contributed by atoms with Crippen LogP contribution in [0, 0.1) is 46.5 Å². The first-order valence-electron chi connectivity index (χ1n) is 34.7. The minimum Gasteiger partial charge on any atom is -0.260 e. The van der Waals surface area contributed by atoms with Gasteiger partial charge >= 0.3 is 0 Å². The first kappa shape index (κ1) is 70.9. The van der Waals surface area contributed by atoms with Crippen LogP contribution in [0.15, 0.2) is 201 Å². The van der Waals surface area contributed by atoms with E-state index < -0.39 is 40.1 Å². The monoisotopic (exact) mass is 1410 g/mol. The number of nitrogens with zero attached hydrogens (tertiary/aromatic N) is 5. The Kier molecular flexibility index (Phi) is 22.0. The molecule has 18 heteroatoms. The molecule has 0 saturated carbocycles. The number of aryl methyl sites for hydroxylation is 5. The maximum atomic E-state index is 13.1. The summed E-state index contributed by atoms with van der Waals surface area (Å²) in [7, 11) is -13.2. The molecule has 5 aromatic carbocycles. The van der Waals surface area contributed by atoms with Crippen molar-refractivity contribution < 1.29 is 33.7 Å². The number of thiophene rings is 1. The van der Waals surface area contributed by atoms with Gasteiger partial charge in [-0.25, -0.2) is 33.7 Å². The van der Waals surface area contributed by atoms with Crippen LogP contribution in [-0.4, -0.2) is 114 Å². The number of allylic oxidation sites excluding steroid dienone is 8. The molecule has 0 spiro atoms. The Morgan fingerprint density at radius 3 is 1.60 bits per heavy atom. The molecule has 13 nitrogen and oxygen atoms in total. The molecule has 15 rings (SSSR count). The Hall–Kier alpha value is -6.97. The molecule has 0 bridgehead atoms. The predicted molar refractivity (Wildman–Crippen MR) is 399 cm³/mol. The van der Waals surface area contributed by atoms with Crippen molar-refractivity contribution in [3.05, 3.63) is 259 Å². The summed E-state index contributed by atoms with van der Waals surface area (Å²) in [5.74, 6) is 1.20. The number of sulfonamides is 4. The quantitative estimate of drug-likeness (QED) is 0.103. The van der Waals surface area contributed by atoms with Gasteiger partial charge in [0.25, 0.3) is 10.0 Å². The van der Waals surface area contributed by atoms with Crippen molar-refractivity contribution in [1.82, 2.24) is 22.2 Å². The van der Waals surface area contributed by atoms with Crippen LogP contribution in [0.2, 0.25) is 0 Å². The van der Waals surface area contributed by atoms with Crippen LogP contribution in [0.4, 0.5) is 0 Å². The minimum atomic E-state index is -3.40. The molecular weight excluding hydrogens is 1320 g/mol. The van der Waals surface area contributed by atoms with Crippen molar-refractivity contribution in [1.29, 1.82) is 0 Å². The van der Waals surface area contributed by atoms with Crippen molar-refractivity contribution in [3.8, 4) is 0 Å². The fourth-order valence-corrected chi connectivity index (χ4v) is 22.3. The lowest BCUT2D eigenvalue weighted by Crippen LogP contribution is -2.38. The fourth-order valence-electron chi connectivity index (χ4n) is 15.0. The third-order valence-electron chi connectivity index (χ3n) is 20.6. The number of hydrogen-bond donors (Lipinski definition) is 0. The van der Waals surface area contributed by atoms with Crippen LogP contribution >= 0.6 is 11.3 Å². The zero-order valence-electron chi connectivity index (χ0n) is 57.3. The van der Waals surface area contributed by atoms with E-state index in [1.807, 2.05) is 71.2 Å². The summed E-state index contributed by atoms with van der Waals surface area (Å²) in [6, 6.07) is 42.3.